The molecule has 7 nitrogen and oxygen atoms in total. The van der Waals surface area contributed by atoms with Crippen LogP contribution in [0.4, 0.5) is 5.69 Å². The number of carbonyl (C=O) groups is 2. The minimum Gasteiger partial charge on any atom is -0.465 e. The van der Waals surface area contributed by atoms with Gasteiger partial charge in [-0.15, -0.1) is 11.3 Å². The second kappa shape index (κ2) is 7.51. The molecule has 0 saturated carbocycles. The summed E-state index contributed by atoms with van der Waals surface area (Å²) in [7, 11) is 1.30. The van der Waals surface area contributed by atoms with Crippen LogP contribution in [0.15, 0.2) is 11.4 Å². The zero-order valence-corrected chi connectivity index (χ0v) is 12.5. The van der Waals surface area contributed by atoms with Crippen LogP contribution in [0, 0.1) is 0 Å². The van der Waals surface area contributed by atoms with E-state index in [0.717, 1.165) is 0 Å². The van der Waals surface area contributed by atoms with Gasteiger partial charge in [0, 0.05) is 6.54 Å². The van der Waals surface area contributed by atoms with Crippen LogP contribution in [0.2, 0.25) is 0 Å². The van der Waals surface area contributed by atoms with Crippen molar-refractivity contribution in [2.24, 2.45) is 0 Å². The predicted molar refractivity (Wildman–Crippen MR) is 77.6 cm³/mol. The molecule has 2 heterocycles. The normalized spacial score (nSPS) is 19.2. The van der Waals surface area contributed by atoms with E-state index >= 15 is 0 Å². The molecule has 1 aromatic heterocycles. The summed E-state index contributed by atoms with van der Waals surface area (Å²) in [6, 6.07) is 1.49. The maximum absolute atomic E-state index is 12.1. The van der Waals surface area contributed by atoms with Crippen molar-refractivity contribution >= 4 is 28.9 Å². The number of amides is 1. The highest BCUT2D eigenvalue weighted by atomic mass is 32.1. The molecule has 116 valence electrons. The highest BCUT2D eigenvalue weighted by molar-refractivity contribution is 7.12. The van der Waals surface area contributed by atoms with E-state index in [9.17, 15) is 14.7 Å². The number of hydrogen-bond donors (Lipinski definition) is 2. The Bertz CT molecular complexity index is 505. The van der Waals surface area contributed by atoms with Gasteiger partial charge in [-0.25, -0.2) is 4.79 Å². The molecule has 1 fully saturated rings. The quantitative estimate of drug-likeness (QED) is 0.753. The molecule has 1 atom stereocenters. The summed E-state index contributed by atoms with van der Waals surface area (Å²) in [5.41, 5.74) is 0.450. The number of nitrogens with zero attached hydrogens (tertiary/aromatic N) is 1. The average molecular weight is 314 g/mol. The first-order valence-electron chi connectivity index (χ1n) is 6.54. The van der Waals surface area contributed by atoms with Crippen LogP contribution < -0.4 is 5.32 Å². The number of aliphatic hydroxyl groups is 1. The summed E-state index contributed by atoms with van der Waals surface area (Å²) in [6.07, 6.45) is 0. The molecule has 1 aromatic rings. The number of rotatable bonds is 5. The minimum atomic E-state index is -0.472. The number of aliphatic hydroxyl groups excluding tert-OH is 1. The zero-order chi connectivity index (χ0) is 15.2. The van der Waals surface area contributed by atoms with Crippen LogP contribution >= 0.6 is 11.3 Å². The molecular formula is C13H18N2O5S. The third kappa shape index (κ3) is 4.01. The number of carbonyl (C=O) groups excluding carboxylic acids is 2. The number of nitrogens with one attached hydrogen (secondary N) is 1. The fourth-order valence-corrected chi connectivity index (χ4v) is 2.86. The molecule has 1 unspecified atom stereocenters. The van der Waals surface area contributed by atoms with Gasteiger partial charge in [-0.1, -0.05) is 0 Å². The van der Waals surface area contributed by atoms with Gasteiger partial charge in [0.25, 0.3) is 0 Å². The van der Waals surface area contributed by atoms with Crippen LogP contribution in [0.1, 0.15) is 9.67 Å². The van der Waals surface area contributed by atoms with Gasteiger partial charge in [0.05, 0.1) is 45.2 Å². The molecule has 1 aliphatic heterocycles. The second-order valence-corrected chi connectivity index (χ2v) is 5.50. The van der Waals surface area contributed by atoms with Crippen molar-refractivity contribution in [1.82, 2.24) is 4.90 Å². The van der Waals surface area contributed by atoms with Crippen molar-refractivity contribution in [1.29, 1.82) is 0 Å². The molecule has 2 rings (SSSR count). The Hall–Kier alpha value is -1.48. The number of esters is 1. The molecule has 0 spiro atoms. The molecule has 0 aliphatic carbocycles. The topological polar surface area (TPSA) is 88.1 Å². The van der Waals surface area contributed by atoms with Gasteiger partial charge in [-0.2, -0.15) is 0 Å². The van der Waals surface area contributed by atoms with Gasteiger partial charge in [-0.05, 0) is 11.4 Å². The number of hydrogen-bond acceptors (Lipinski definition) is 7. The number of ether oxygens (including phenoxy) is 2. The fraction of sp³-hybridized carbons (Fsp3) is 0.538. The van der Waals surface area contributed by atoms with Crippen molar-refractivity contribution in [3.05, 3.63) is 16.3 Å². The van der Waals surface area contributed by atoms with Gasteiger partial charge in [0.15, 0.2) is 0 Å². The number of thiophene rings is 1. The smallest absolute Gasteiger partial charge is 0.350 e. The van der Waals surface area contributed by atoms with Gasteiger partial charge in [-0.3, -0.25) is 9.69 Å². The number of methoxy groups -OCH3 is 1. The Balaban J connectivity index is 1.95. The van der Waals surface area contributed by atoms with E-state index in [1.165, 1.54) is 18.4 Å². The molecule has 2 N–H and O–H groups in total. The largest absolute Gasteiger partial charge is 0.465 e. The van der Waals surface area contributed by atoms with E-state index < -0.39 is 5.97 Å². The highest BCUT2D eigenvalue weighted by Crippen LogP contribution is 2.23. The fourth-order valence-electron chi connectivity index (χ4n) is 2.10. The third-order valence-corrected chi connectivity index (χ3v) is 4.11. The molecule has 21 heavy (non-hydrogen) atoms. The van der Waals surface area contributed by atoms with Crippen LogP contribution in [0.25, 0.3) is 0 Å². The Labute approximate surface area is 126 Å². The van der Waals surface area contributed by atoms with Crippen molar-refractivity contribution in [2.45, 2.75) is 6.04 Å². The van der Waals surface area contributed by atoms with Crippen LogP contribution in [0.5, 0.6) is 0 Å². The van der Waals surface area contributed by atoms with Crippen molar-refractivity contribution in [2.75, 3.05) is 45.3 Å². The maximum Gasteiger partial charge on any atom is 0.350 e. The second-order valence-electron chi connectivity index (χ2n) is 4.58. The molecule has 0 aromatic carbocycles. The van der Waals surface area contributed by atoms with Gasteiger partial charge in [0.2, 0.25) is 5.91 Å². The maximum atomic E-state index is 12.1. The predicted octanol–water partition coefficient (Wildman–Crippen LogP) is 0.166. The molecule has 8 heteroatoms. The Kier molecular flexibility index (Phi) is 5.68. The Morgan fingerprint density at radius 2 is 2.43 bits per heavy atom. The van der Waals surface area contributed by atoms with E-state index in [4.69, 9.17) is 4.74 Å². The monoisotopic (exact) mass is 314 g/mol. The van der Waals surface area contributed by atoms with E-state index in [0.29, 0.717) is 30.3 Å². The summed E-state index contributed by atoms with van der Waals surface area (Å²) in [6.45, 7) is 1.63. The average Bonchev–Trinajstić information content (AvgIpc) is 2.95. The summed E-state index contributed by atoms with van der Waals surface area (Å²) in [5, 5.41) is 13.7. The summed E-state index contributed by atoms with van der Waals surface area (Å²) in [4.78, 5) is 25.9. The zero-order valence-electron chi connectivity index (χ0n) is 11.7. The Morgan fingerprint density at radius 3 is 3.14 bits per heavy atom. The lowest BCUT2D eigenvalue weighted by molar-refractivity contribution is -0.120. The SMILES string of the molecule is COC(=O)c1sccc1NC(=O)CN1CCOCC1CO. The lowest BCUT2D eigenvalue weighted by Crippen LogP contribution is -2.50. The lowest BCUT2D eigenvalue weighted by atomic mass is 10.2. The summed E-state index contributed by atoms with van der Waals surface area (Å²) >= 11 is 1.21. The van der Waals surface area contributed by atoms with E-state index in [1.54, 1.807) is 11.4 Å². The Morgan fingerprint density at radius 1 is 1.62 bits per heavy atom. The summed E-state index contributed by atoms with van der Waals surface area (Å²) < 4.78 is 9.92. The first-order valence-corrected chi connectivity index (χ1v) is 7.42. The summed E-state index contributed by atoms with van der Waals surface area (Å²) in [5.74, 6) is -0.709. The first-order chi connectivity index (χ1) is 10.2. The van der Waals surface area contributed by atoms with E-state index in [-0.39, 0.29) is 25.1 Å². The van der Waals surface area contributed by atoms with Crippen LogP contribution in [-0.2, 0) is 14.3 Å². The lowest BCUT2D eigenvalue weighted by Gasteiger charge is -2.33. The van der Waals surface area contributed by atoms with Crippen molar-refractivity contribution in [3.63, 3.8) is 0 Å². The molecular weight excluding hydrogens is 296 g/mol. The van der Waals surface area contributed by atoms with Crippen LogP contribution in [0.3, 0.4) is 0 Å². The van der Waals surface area contributed by atoms with Gasteiger partial charge in [0.1, 0.15) is 4.88 Å². The standard InChI is InChI=1S/C13H18N2O5S/c1-19-13(18)12-10(2-5-21-12)14-11(17)6-15-3-4-20-8-9(15)7-16/h2,5,9,16H,3-4,6-8H2,1H3,(H,14,17). The van der Waals surface area contributed by atoms with Gasteiger partial charge < -0.3 is 19.9 Å². The van der Waals surface area contributed by atoms with Crippen molar-refractivity contribution < 1.29 is 24.2 Å². The number of anilines is 1. The first kappa shape index (κ1) is 15.9. The van der Waals surface area contributed by atoms with Gasteiger partial charge >= 0.3 is 5.97 Å². The molecule has 1 saturated heterocycles. The van der Waals surface area contributed by atoms with Crippen LogP contribution in [-0.4, -0.2) is 67.9 Å². The van der Waals surface area contributed by atoms with E-state index in [2.05, 4.69) is 10.1 Å². The molecule has 1 aliphatic rings. The molecule has 0 radical (unpaired) electrons. The number of morpholine rings is 1. The van der Waals surface area contributed by atoms with E-state index in [1.807, 2.05) is 4.90 Å². The third-order valence-electron chi connectivity index (χ3n) is 3.22. The van der Waals surface area contributed by atoms with Crippen molar-refractivity contribution in [3.8, 4) is 0 Å². The highest BCUT2D eigenvalue weighted by Gasteiger charge is 2.25. The molecule has 0 bridgehead atoms. The molecule has 1 amide bonds. The minimum absolute atomic E-state index is 0.0564.